The first-order chi connectivity index (χ1) is 6.33. The molecule has 0 saturated heterocycles. The molecular formula is C9H12BrN3. The van der Waals surface area contributed by atoms with Gasteiger partial charge in [-0.3, -0.25) is 0 Å². The molecular weight excluding hydrogens is 230 g/mol. The zero-order valence-corrected chi connectivity index (χ0v) is 9.08. The van der Waals surface area contributed by atoms with Crippen LogP contribution in [0.1, 0.15) is 13.3 Å². The van der Waals surface area contributed by atoms with Gasteiger partial charge in [0.2, 0.25) is 0 Å². The maximum Gasteiger partial charge on any atom is 0.144 e. The summed E-state index contributed by atoms with van der Waals surface area (Å²) in [5, 5.41) is 3.16. The summed E-state index contributed by atoms with van der Waals surface area (Å²) in [6, 6.07) is 0. The van der Waals surface area contributed by atoms with Gasteiger partial charge >= 0.3 is 0 Å². The van der Waals surface area contributed by atoms with Crippen molar-refractivity contribution in [3.8, 4) is 0 Å². The first-order valence-corrected chi connectivity index (χ1v) is 4.95. The number of halogens is 1. The van der Waals surface area contributed by atoms with E-state index in [0.717, 1.165) is 23.4 Å². The molecule has 0 aliphatic heterocycles. The first kappa shape index (κ1) is 10.2. The van der Waals surface area contributed by atoms with Crippen LogP contribution in [0.4, 0.5) is 5.82 Å². The zero-order chi connectivity index (χ0) is 9.52. The fourth-order valence-electron chi connectivity index (χ4n) is 0.854. The minimum absolute atomic E-state index is 0.756. The molecule has 1 rings (SSSR count). The summed E-state index contributed by atoms with van der Waals surface area (Å²) in [6.07, 6.45) is 8.54. The molecule has 1 heterocycles. The summed E-state index contributed by atoms with van der Waals surface area (Å²) in [6.45, 7) is 2.90. The second-order valence-corrected chi connectivity index (χ2v) is 3.32. The van der Waals surface area contributed by atoms with Crippen LogP contribution in [-0.2, 0) is 0 Å². The lowest BCUT2D eigenvalue weighted by Gasteiger charge is -2.01. The molecule has 0 aliphatic carbocycles. The molecule has 1 aromatic rings. The molecule has 0 saturated carbocycles. The number of allylic oxidation sites excluding steroid dienone is 1. The summed E-state index contributed by atoms with van der Waals surface area (Å²) in [4.78, 5) is 8.18. The Morgan fingerprint density at radius 3 is 2.92 bits per heavy atom. The number of anilines is 1. The number of rotatable bonds is 4. The largest absolute Gasteiger partial charge is 0.368 e. The van der Waals surface area contributed by atoms with Crippen LogP contribution in [-0.4, -0.2) is 16.5 Å². The Morgan fingerprint density at radius 1 is 1.46 bits per heavy atom. The maximum atomic E-state index is 4.13. The predicted molar refractivity (Wildman–Crippen MR) is 57.7 cm³/mol. The molecule has 0 bridgehead atoms. The van der Waals surface area contributed by atoms with E-state index >= 15 is 0 Å². The first-order valence-electron chi connectivity index (χ1n) is 4.15. The van der Waals surface area contributed by atoms with Crippen molar-refractivity contribution in [2.75, 3.05) is 11.9 Å². The Bertz CT molecular complexity index is 269. The predicted octanol–water partition coefficient (Wildman–Crippen LogP) is 2.62. The standard InChI is InChI=1S/C9H12BrN3/c1-2-3-4-5-11-9-7-12-8(10)6-13-9/h2-3,6-7H,4-5H2,1H3,(H,11,13)/b3-2+. The Labute approximate surface area is 86.4 Å². The third-order valence-corrected chi connectivity index (χ3v) is 1.88. The van der Waals surface area contributed by atoms with E-state index in [4.69, 9.17) is 0 Å². The molecule has 3 nitrogen and oxygen atoms in total. The SMILES string of the molecule is C/C=C/CCNc1cnc(Br)cn1. The van der Waals surface area contributed by atoms with E-state index in [1.54, 1.807) is 12.4 Å². The van der Waals surface area contributed by atoms with Gasteiger partial charge in [0.25, 0.3) is 0 Å². The van der Waals surface area contributed by atoms with E-state index in [1.165, 1.54) is 0 Å². The molecule has 13 heavy (non-hydrogen) atoms. The smallest absolute Gasteiger partial charge is 0.144 e. The van der Waals surface area contributed by atoms with Gasteiger partial charge in [-0.2, -0.15) is 0 Å². The van der Waals surface area contributed by atoms with Crippen LogP contribution in [0.2, 0.25) is 0 Å². The van der Waals surface area contributed by atoms with Crippen molar-refractivity contribution < 1.29 is 0 Å². The molecule has 0 aromatic carbocycles. The highest BCUT2D eigenvalue weighted by atomic mass is 79.9. The van der Waals surface area contributed by atoms with Crippen LogP contribution >= 0.6 is 15.9 Å². The van der Waals surface area contributed by atoms with Crippen molar-refractivity contribution in [3.63, 3.8) is 0 Å². The van der Waals surface area contributed by atoms with Crippen molar-refractivity contribution in [3.05, 3.63) is 29.1 Å². The van der Waals surface area contributed by atoms with Crippen LogP contribution in [0.25, 0.3) is 0 Å². The fraction of sp³-hybridized carbons (Fsp3) is 0.333. The van der Waals surface area contributed by atoms with Gasteiger partial charge in [-0.15, -0.1) is 0 Å². The molecule has 0 aliphatic rings. The van der Waals surface area contributed by atoms with E-state index in [2.05, 4.69) is 37.3 Å². The topological polar surface area (TPSA) is 37.8 Å². The molecule has 0 spiro atoms. The Morgan fingerprint density at radius 2 is 2.31 bits per heavy atom. The van der Waals surface area contributed by atoms with E-state index in [1.807, 2.05) is 13.0 Å². The molecule has 70 valence electrons. The van der Waals surface area contributed by atoms with Crippen molar-refractivity contribution in [1.82, 2.24) is 9.97 Å². The van der Waals surface area contributed by atoms with Gasteiger partial charge in [0.15, 0.2) is 0 Å². The van der Waals surface area contributed by atoms with Gasteiger partial charge in [0.05, 0.1) is 12.4 Å². The van der Waals surface area contributed by atoms with Crippen molar-refractivity contribution >= 4 is 21.7 Å². The fourth-order valence-corrected chi connectivity index (χ4v) is 1.06. The number of nitrogens with zero attached hydrogens (tertiary/aromatic N) is 2. The number of aromatic nitrogens is 2. The molecule has 0 unspecified atom stereocenters. The van der Waals surface area contributed by atoms with Gasteiger partial charge in [-0.25, -0.2) is 9.97 Å². The van der Waals surface area contributed by atoms with Crippen LogP contribution in [0, 0.1) is 0 Å². The third kappa shape index (κ3) is 4.03. The van der Waals surface area contributed by atoms with E-state index in [9.17, 15) is 0 Å². The summed E-state index contributed by atoms with van der Waals surface area (Å²) in [5.74, 6) is 0.813. The number of nitrogens with one attached hydrogen (secondary N) is 1. The minimum Gasteiger partial charge on any atom is -0.368 e. The summed E-state index contributed by atoms with van der Waals surface area (Å²) >= 11 is 3.23. The van der Waals surface area contributed by atoms with Gasteiger partial charge in [-0.1, -0.05) is 12.2 Å². The van der Waals surface area contributed by atoms with Crippen molar-refractivity contribution in [2.45, 2.75) is 13.3 Å². The lowest BCUT2D eigenvalue weighted by atomic mass is 10.4. The third-order valence-electron chi connectivity index (χ3n) is 1.47. The highest BCUT2D eigenvalue weighted by Gasteiger charge is 1.92. The second-order valence-electron chi connectivity index (χ2n) is 2.51. The van der Waals surface area contributed by atoms with Crippen LogP contribution in [0.3, 0.4) is 0 Å². The van der Waals surface area contributed by atoms with Crippen molar-refractivity contribution in [2.24, 2.45) is 0 Å². The monoisotopic (exact) mass is 241 g/mol. The quantitative estimate of drug-likeness (QED) is 0.651. The molecule has 1 aromatic heterocycles. The molecule has 1 N–H and O–H groups in total. The minimum atomic E-state index is 0.756. The average molecular weight is 242 g/mol. The highest BCUT2D eigenvalue weighted by molar-refractivity contribution is 9.10. The lowest BCUT2D eigenvalue weighted by Crippen LogP contribution is -2.02. The summed E-state index contributed by atoms with van der Waals surface area (Å²) in [7, 11) is 0. The second kappa shape index (κ2) is 5.70. The van der Waals surface area contributed by atoms with Crippen molar-refractivity contribution in [1.29, 1.82) is 0 Å². The maximum absolute atomic E-state index is 4.13. The Kier molecular flexibility index (Phi) is 4.46. The Balaban J connectivity index is 2.33. The van der Waals surface area contributed by atoms with Gasteiger partial charge < -0.3 is 5.32 Å². The molecule has 0 atom stereocenters. The summed E-state index contributed by atoms with van der Waals surface area (Å²) < 4.78 is 0.756. The average Bonchev–Trinajstić information content (AvgIpc) is 2.15. The molecule has 0 fully saturated rings. The Hall–Kier alpha value is -0.900. The van der Waals surface area contributed by atoms with E-state index in [0.29, 0.717) is 0 Å². The molecule has 0 radical (unpaired) electrons. The van der Waals surface area contributed by atoms with E-state index < -0.39 is 0 Å². The molecule has 4 heteroatoms. The number of hydrogen-bond acceptors (Lipinski definition) is 3. The highest BCUT2D eigenvalue weighted by Crippen LogP contribution is 2.05. The zero-order valence-electron chi connectivity index (χ0n) is 7.50. The van der Waals surface area contributed by atoms with Crippen LogP contribution in [0.15, 0.2) is 29.1 Å². The number of hydrogen-bond donors (Lipinski definition) is 1. The van der Waals surface area contributed by atoms with Gasteiger partial charge in [0, 0.05) is 6.54 Å². The van der Waals surface area contributed by atoms with E-state index in [-0.39, 0.29) is 0 Å². The lowest BCUT2D eigenvalue weighted by molar-refractivity contribution is 1.03. The summed E-state index contributed by atoms with van der Waals surface area (Å²) in [5.41, 5.74) is 0. The van der Waals surface area contributed by atoms with Gasteiger partial charge in [0.1, 0.15) is 10.4 Å². The molecule has 0 amide bonds. The normalized spacial score (nSPS) is 10.6. The van der Waals surface area contributed by atoms with Gasteiger partial charge in [-0.05, 0) is 29.3 Å². The van der Waals surface area contributed by atoms with Crippen LogP contribution < -0.4 is 5.32 Å². The van der Waals surface area contributed by atoms with Crippen LogP contribution in [0.5, 0.6) is 0 Å².